The van der Waals surface area contributed by atoms with Gasteiger partial charge in [-0.05, 0) is 73.0 Å². The van der Waals surface area contributed by atoms with E-state index in [1.54, 1.807) is 42.5 Å². The Morgan fingerprint density at radius 1 is 0.949 bits per heavy atom. The second-order valence-electron chi connectivity index (χ2n) is 9.26. The Morgan fingerprint density at radius 3 is 2.38 bits per heavy atom. The van der Waals surface area contributed by atoms with Crippen molar-refractivity contribution in [3.05, 3.63) is 125 Å². The number of furan rings is 1. The topological polar surface area (TPSA) is 89.2 Å². The average molecular weight is 524 g/mol. The largest absolute Gasteiger partial charge is 0.507 e. The molecule has 0 bridgehead atoms. The summed E-state index contributed by atoms with van der Waals surface area (Å²) in [6, 6.07) is 24.9. The molecule has 2 heterocycles. The van der Waals surface area contributed by atoms with Crippen LogP contribution in [0.1, 0.15) is 41.0 Å². The van der Waals surface area contributed by atoms with E-state index in [-0.39, 0.29) is 17.9 Å². The smallest absolute Gasteiger partial charge is 0.296 e. The number of aliphatic hydroxyl groups excluding tert-OH is 1. The highest BCUT2D eigenvalue weighted by Gasteiger charge is 2.46. The van der Waals surface area contributed by atoms with Crippen LogP contribution in [0.2, 0.25) is 0 Å². The van der Waals surface area contributed by atoms with Crippen LogP contribution in [0.4, 0.5) is 0 Å². The second kappa shape index (κ2) is 11.3. The number of hydrogen-bond acceptors (Lipinski definition) is 6. The Kier molecular flexibility index (Phi) is 7.50. The number of aryl methyl sites for hydroxylation is 1. The number of nitrogens with zero attached hydrogens (tertiary/aromatic N) is 1. The monoisotopic (exact) mass is 523 g/mol. The van der Waals surface area contributed by atoms with Gasteiger partial charge in [0.1, 0.15) is 29.6 Å². The summed E-state index contributed by atoms with van der Waals surface area (Å²) >= 11 is 0. The SMILES string of the molecule is CCOc1ccc(/C(O)=C2/C(=O)C(=O)N(Cc3ccco3)C2c2ccc(OCc3ccccc3)cc2)cc1C. The van der Waals surface area contributed by atoms with Crippen molar-refractivity contribution in [3.8, 4) is 11.5 Å². The number of carbonyl (C=O) groups excluding carboxylic acids is 2. The number of ether oxygens (including phenoxy) is 2. The molecular formula is C32H29NO6. The number of carbonyl (C=O) groups is 2. The van der Waals surface area contributed by atoms with E-state index in [9.17, 15) is 14.7 Å². The highest BCUT2D eigenvalue weighted by atomic mass is 16.5. The molecule has 0 saturated carbocycles. The van der Waals surface area contributed by atoms with Gasteiger partial charge in [0.15, 0.2) is 0 Å². The fourth-order valence-corrected chi connectivity index (χ4v) is 4.72. The summed E-state index contributed by atoms with van der Waals surface area (Å²) < 4.78 is 17.0. The first kappa shape index (κ1) is 25.9. The summed E-state index contributed by atoms with van der Waals surface area (Å²) in [6.45, 7) is 4.76. The first-order chi connectivity index (χ1) is 19.0. The normalized spacial score (nSPS) is 16.5. The molecule has 198 valence electrons. The number of Topliss-reactive ketones (excluding diaryl/α,β-unsaturated/α-hetero) is 1. The van der Waals surface area contributed by atoms with Crippen molar-refractivity contribution in [1.82, 2.24) is 4.90 Å². The van der Waals surface area contributed by atoms with E-state index < -0.39 is 17.7 Å². The zero-order valence-corrected chi connectivity index (χ0v) is 21.8. The van der Waals surface area contributed by atoms with Crippen molar-refractivity contribution in [2.45, 2.75) is 33.0 Å². The lowest BCUT2D eigenvalue weighted by atomic mass is 9.94. The molecule has 1 aliphatic rings. The molecule has 0 aliphatic carbocycles. The first-order valence-corrected chi connectivity index (χ1v) is 12.8. The van der Waals surface area contributed by atoms with Crippen LogP contribution < -0.4 is 9.47 Å². The second-order valence-corrected chi connectivity index (χ2v) is 9.26. The lowest BCUT2D eigenvalue weighted by Gasteiger charge is -2.24. The molecule has 3 aromatic carbocycles. The van der Waals surface area contributed by atoms with Gasteiger partial charge in [-0.25, -0.2) is 0 Å². The number of hydrogen-bond donors (Lipinski definition) is 1. The number of aliphatic hydroxyl groups is 1. The van der Waals surface area contributed by atoms with Crippen LogP contribution in [0.5, 0.6) is 11.5 Å². The Labute approximate surface area is 226 Å². The Morgan fingerprint density at radius 2 is 1.72 bits per heavy atom. The number of benzene rings is 3. The lowest BCUT2D eigenvalue weighted by Crippen LogP contribution is -2.29. The fraction of sp³-hybridized carbons (Fsp3) is 0.188. The van der Waals surface area contributed by atoms with Crippen molar-refractivity contribution >= 4 is 17.4 Å². The third-order valence-electron chi connectivity index (χ3n) is 6.64. The molecule has 1 N–H and O–H groups in total. The van der Waals surface area contributed by atoms with Crippen molar-refractivity contribution in [1.29, 1.82) is 0 Å². The van der Waals surface area contributed by atoms with Crippen LogP contribution >= 0.6 is 0 Å². The molecule has 1 amide bonds. The van der Waals surface area contributed by atoms with Crippen LogP contribution in [-0.4, -0.2) is 28.3 Å². The van der Waals surface area contributed by atoms with Gasteiger partial charge >= 0.3 is 0 Å². The van der Waals surface area contributed by atoms with Gasteiger partial charge in [0.25, 0.3) is 11.7 Å². The summed E-state index contributed by atoms with van der Waals surface area (Å²) in [4.78, 5) is 28.0. The summed E-state index contributed by atoms with van der Waals surface area (Å²) in [5.74, 6) is 0.171. The predicted octanol–water partition coefficient (Wildman–Crippen LogP) is 6.19. The molecule has 1 aromatic heterocycles. The van der Waals surface area contributed by atoms with Gasteiger partial charge in [0.2, 0.25) is 0 Å². The highest BCUT2D eigenvalue weighted by molar-refractivity contribution is 6.46. The average Bonchev–Trinajstić information content (AvgIpc) is 3.56. The van der Waals surface area contributed by atoms with Gasteiger partial charge in [-0.2, -0.15) is 0 Å². The van der Waals surface area contributed by atoms with E-state index >= 15 is 0 Å². The highest BCUT2D eigenvalue weighted by Crippen LogP contribution is 2.41. The van der Waals surface area contributed by atoms with E-state index in [0.29, 0.717) is 41.6 Å². The van der Waals surface area contributed by atoms with E-state index in [0.717, 1.165) is 11.1 Å². The Bertz CT molecular complexity index is 1490. The fourth-order valence-electron chi connectivity index (χ4n) is 4.72. The molecule has 1 atom stereocenters. The molecule has 0 spiro atoms. The number of rotatable bonds is 9. The maximum absolute atomic E-state index is 13.3. The van der Waals surface area contributed by atoms with Crippen molar-refractivity contribution < 1.29 is 28.6 Å². The molecule has 39 heavy (non-hydrogen) atoms. The molecule has 5 rings (SSSR count). The Balaban J connectivity index is 1.51. The summed E-state index contributed by atoms with van der Waals surface area (Å²) in [7, 11) is 0. The predicted molar refractivity (Wildman–Crippen MR) is 146 cm³/mol. The Hall–Kier alpha value is -4.78. The zero-order chi connectivity index (χ0) is 27.4. The van der Waals surface area contributed by atoms with Crippen molar-refractivity contribution in [2.75, 3.05) is 6.61 Å². The quantitative estimate of drug-likeness (QED) is 0.160. The molecule has 1 saturated heterocycles. The minimum atomic E-state index is -0.815. The summed E-state index contributed by atoms with van der Waals surface area (Å²) in [5.41, 5.74) is 2.96. The number of likely N-dealkylation sites (tertiary alicyclic amines) is 1. The van der Waals surface area contributed by atoms with Gasteiger partial charge in [0.05, 0.1) is 31.0 Å². The molecule has 0 radical (unpaired) electrons. The van der Waals surface area contributed by atoms with Crippen LogP contribution in [0, 0.1) is 6.92 Å². The third-order valence-corrected chi connectivity index (χ3v) is 6.64. The van der Waals surface area contributed by atoms with Gasteiger partial charge in [0, 0.05) is 5.56 Å². The van der Waals surface area contributed by atoms with Crippen molar-refractivity contribution in [2.24, 2.45) is 0 Å². The molecule has 7 heteroatoms. The summed E-state index contributed by atoms with van der Waals surface area (Å²) in [6.07, 6.45) is 1.52. The zero-order valence-electron chi connectivity index (χ0n) is 21.8. The minimum absolute atomic E-state index is 0.0214. The van der Waals surface area contributed by atoms with Gasteiger partial charge in [-0.15, -0.1) is 0 Å². The van der Waals surface area contributed by atoms with E-state index in [1.807, 2.05) is 56.3 Å². The van der Waals surface area contributed by atoms with Crippen LogP contribution in [0.3, 0.4) is 0 Å². The van der Waals surface area contributed by atoms with E-state index in [1.165, 1.54) is 11.2 Å². The van der Waals surface area contributed by atoms with E-state index in [4.69, 9.17) is 13.9 Å². The van der Waals surface area contributed by atoms with Crippen LogP contribution in [0.25, 0.3) is 5.76 Å². The first-order valence-electron chi connectivity index (χ1n) is 12.8. The maximum atomic E-state index is 13.3. The van der Waals surface area contributed by atoms with E-state index in [2.05, 4.69) is 0 Å². The number of amides is 1. The van der Waals surface area contributed by atoms with Crippen LogP contribution in [-0.2, 0) is 22.7 Å². The maximum Gasteiger partial charge on any atom is 0.296 e. The summed E-state index contributed by atoms with van der Waals surface area (Å²) in [5, 5.41) is 11.4. The lowest BCUT2D eigenvalue weighted by molar-refractivity contribution is -0.140. The molecule has 1 aliphatic heterocycles. The van der Waals surface area contributed by atoms with Gasteiger partial charge in [-0.3, -0.25) is 9.59 Å². The standard InChI is InChI=1S/C32H29NO6/c1-3-37-27-16-13-24(18-21(27)2)30(34)28-29(33(32(36)31(28)35)19-26-10-7-17-38-26)23-11-14-25(15-12-23)39-20-22-8-5-4-6-9-22/h4-18,29,34H,3,19-20H2,1-2H3/b30-28-. The van der Waals surface area contributed by atoms with Crippen molar-refractivity contribution in [3.63, 3.8) is 0 Å². The number of ketones is 1. The third kappa shape index (κ3) is 5.43. The van der Waals surface area contributed by atoms with Gasteiger partial charge < -0.3 is 23.9 Å². The molecular weight excluding hydrogens is 494 g/mol. The molecule has 1 fully saturated rings. The minimum Gasteiger partial charge on any atom is -0.507 e. The van der Waals surface area contributed by atoms with Gasteiger partial charge in [-0.1, -0.05) is 42.5 Å². The molecule has 4 aromatic rings. The molecule has 7 nitrogen and oxygen atoms in total. The molecule has 1 unspecified atom stereocenters. The van der Waals surface area contributed by atoms with Crippen LogP contribution in [0.15, 0.2) is 101 Å².